The normalized spacial score (nSPS) is 17.0. The van der Waals surface area contributed by atoms with Crippen LogP contribution in [0, 0.1) is 0 Å². The zero-order chi connectivity index (χ0) is 35.2. The third-order valence-electron chi connectivity index (χ3n) is 7.57. The first-order valence-electron chi connectivity index (χ1n) is 17.1. The number of aliphatic hydroxyl groups excluding tert-OH is 3. The van der Waals surface area contributed by atoms with E-state index in [1.165, 1.54) is 0 Å². The smallest absolute Gasteiger partial charge is 0.306 e. The first-order valence-corrected chi connectivity index (χ1v) is 17.1. The topological polar surface area (TPSA) is 175 Å². The summed E-state index contributed by atoms with van der Waals surface area (Å²) in [4.78, 5) is 49.7. The van der Waals surface area contributed by atoms with Crippen LogP contribution in [0.5, 0.6) is 0 Å². The monoisotopic (exact) mass is 662 g/mol. The van der Waals surface area contributed by atoms with Gasteiger partial charge in [-0.1, -0.05) is 27.7 Å². The maximum atomic E-state index is 13.0. The molecule has 0 bridgehead atoms. The number of rotatable bonds is 27. The highest BCUT2D eigenvalue weighted by Gasteiger charge is 2.31. The van der Waals surface area contributed by atoms with Crippen LogP contribution in [-0.4, -0.2) is 101 Å². The molecule has 0 saturated heterocycles. The summed E-state index contributed by atoms with van der Waals surface area (Å²) in [5, 5.41) is 30.2. The maximum Gasteiger partial charge on any atom is 0.306 e. The minimum absolute atomic E-state index is 0.000173. The zero-order valence-electron chi connectivity index (χ0n) is 29.4. The molecule has 0 spiro atoms. The second kappa shape index (κ2) is 25.0. The molecule has 0 radical (unpaired) electrons. The summed E-state index contributed by atoms with van der Waals surface area (Å²) in [7, 11) is 0. The van der Waals surface area contributed by atoms with Gasteiger partial charge >= 0.3 is 17.9 Å². The molecule has 0 aliphatic rings. The average Bonchev–Trinajstić information content (AvgIpc) is 3.02. The maximum absolute atomic E-state index is 13.0. The van der Waals surface area contributed by atoms with Crippen molar-refractivity contribution in [1.82, 2.24) is 0 Å². The molecule has 0 rings (SSSR count). The molecule has 12 heteroatoms. The summed E-state index contributed by atoms with van der Waals surface area (Å²) in [6.45, 7) is 14.6. The molecule has 0 heterocycles. The Labute approximate surface area is 275 Å². The number of carbonyl (C=O) groups excluding carboxylic acids is 4. The van der Waals surface area contributed by atoms with Crippen LogP contribution >= 0.6 is 0 Å². The Morgan fingerprint density at radius 3 is 1.37 bits per heavy atom. The Hall–Kier alpha value is -2.12. The summed E-state index contributed by atoms with van der Waals surface area (Å²) < 4.78 is 28.9. The summed E-state index contributed by atoms with van der Waals surface area (Å²) in [5.41, 5.74) is 0. The molecule has 270 valence electrons. The largest absolute Gasteiger partial charge is 0.460 e. The van der Waals surface area contributed by atoms with Crippen LogP contribution in [0.1, 0.15) is 132 Å². The lowest BCUT2D eigenvalue weighted by molar-refractivity contribution is -0.172. The van der Waals surface area contributed by atoms with Crippen molar-refractivity contribution in [3.8, 4) is 0 Å². The van der Waals surface area contributed by atoms with Crippen molar-refractivity contribution in [2.45, 2.75) is 193 Å². The van der Waals surface area contributed by atoms with Crippen LogP contribution in [0.2, 0.25) is 0 Å². The minimum Gasteiger partial charge on any atom is -0.460 e. The Morgan fingerprint density at radius 2 is 0.935 bits per heavy atom. The molecule has 0 aliphatic heterocycles. The molecule has 3 N–H and O–H groups in total. The van der Waals surface area contributed by atoms with Crippen molar-refractivity contribution < 1.29 is 58.2 Å². The van der Waals surface area contributed by atoms with Gasteiger partial charge in [-0.05, 0) is 79.1 Å². The average molecular weight is 663 g/mol. The van der Waals surface area contributed by atoms with Crippen molar-refractivity contribution in [2.75, 3.05) is 0 Å². The van der Waals surface area contributed by atoms with Gasteiger partial charge in [0.25, 0.3) is 0 Å². The van der Waals surface area contributed by atoms with E-state index in [1.54, 1.807) is 13.8 Å². The van der Waals surface area contributed by atoms with Crippen LogP contribution in [0.15, 0.2) is 0 Å². The Morgan fingerprint density at radius 1 is 0.522 bits per heavy atom. The molecule has 0 aromatic rings. The zero-order valence-corrected chi connectivity index (χ0v) is 29.4. The van der Waals surface area contributed by atoms with E-state index in [0.717, 1.165) is 6.29 Å². The van der Waals surface area contributed by atoms with E-state index in [2.05, 4.69) is 0 Å². The van der Waals surface area contributed by atoms with Gasteiger partial charge in [0.2, 0.25) is 0 Å². The van der Waals surface area contributed by atoms with Crippen LogP contribution in [0.3, 0.4) is 0 Å². The number of aldehydes is 1. The molecular formula is C34H62O12. The second-order valence-electron chi connectivity index (χ2n) is 12.2. The third kappa shape index (κ3) is 18.9. The van der Waals surface area contributed by atoms with Crippen LogP contribution in [0.25, 0.3) is 0 Å². The lowest BCUT2D eigenvalue weighted by Gasteiger charge is -2.29. The Kier molecular flexibility index (Phi) is 23.8. The van der Waals surface area contributed by atoms with Gasteiger partial charge in [0, 0.05) is 25.7 Å². The molecule has 0 saturated carbocycles. The first-order chi connectivity index (χ1) is 21.7. The molecule has 46 heavy (non-hydrogen) atoms. The number of aliphatic hydroxyl groups is 3. The Balaban J connectivity index is 5.71. The number of hydrogen-bond acceptors (Lipinski definition) is 12. The van der Waals surface area contributed by atoms with E-state index in [4.69, 9.17) is 23.7 Å². The molecule has 0 fully saturated rings. The highest BCUT2D eigenvalue weighted by atomic mass is 16.6. The third-order valence-corrected chi connectivity index (χ3v) is 7.57. The second-order valence-corrected chi connectivity index (χ2v) is 12.2. The minimum atomic E-state index is -1.08. The summed E-state index contributed by atoms with van der Waals surface area (Å²) in [6.07, 6.45) is -3.69. The predicted octanol–water partition coefficient (Wildman–Crippen LogP) is 4.35. The van der Waals surface area contributed by atoms with Gasteiger partial charge < -0.3 is 43.8 Å². The van der Waals surface area contributed by atoms with Gasteiger partial charge in [-0.15, -0.1) is 0 Å². The molecular weight excluding hydrogens is 600 g/mol. The summed E-state index contributed by atoms with van der Waals surface area (Å²) in [6, 6.07) is 0. The van der Waals surface area contributed by atoms with Gasteiger partial charge in [-0.3, -0.25) is 14.4 Å². The van der Waals surface area contributed by atoms with E-state index < -0.39 is 66.7 Å². The van der Waals surface area contributed by atoms with E-state index in [0.29, 0.717) is 25.7 Å². The predicted molar refractivity (Wildman–Crippen MR) is 172 cm³/mol. The van der Waals surface area contributed by atoms with Gasteiger partial charge in [-0.2, -0.15) is 0 Å². The standard InChI is InChI=1S/C34H62O12/c1-9-24(36)26(38)15-18-32(39)45-28(12-4)31(46-34(41)19-16-29(25(37)10-2)42-22(5)6)17-20-33(40)44-27(11-3)30(14-13-21-35)43-23(7)8/h21-31,36-38H,9-20H2,1-8H3. The van der Waals surface area contributed by atoms with E-state index in [-0.39, 0.29) is 63.6 Å². The number of carbonyl (C=O) groups is 4. The fourth-order valence-corrected chi connectivity index (χ4v) is 4.99. The van der Waals surface area contributed by atoms with Gasteiger partial charge in [0.1, 0.15) is 24.6 Å². The van der Waals surface area contributed by atoms with Gasteiger partial charge in [0.15, 0.2) is 0 Å². The van der Waals surface area contributed by atoms with Crippen molar-refractivity contribution in [3.05, 3.63) is 0 Å². The molecule has 0 aliphatic carbocycles. The van der Waals surface area contributed by atoms with Crippen molar-refractivity contribution in [2.24, 2.45) is 0 Å². The highest BCUT2D eigenvalue weighted by molar-refractivity contribution is 5.71. The lowest BCUT2D eigenvalue weighted by Crippen LogP contribution is -2.38. The van der Waals surface area contributed by atoms with E-state index >= 15 is 0 Å². The molecule has 0 aromatic carbocycles. The quantitative estimate of drug-likeness (QED) is 0.0645. The number of esters is 3. The van der Waals surface area contributed by atoms with E-state index in [9.17, 15) is 34.5 Å². The van der Waals surface area contributed by atoms with Crippen molar-refractivity contribution >= 4 is 24.2 Å². The summed E-state index contributed by atoms with van der Waals surface area (Å²) in [5.74, 6) is -1.78. The SMILES string of the molecule is CCC(O)C(O)CCC(=O)OC(CC)C(CCC(=O)OC(CC)C(CCC=O)OC(C)C)OC(=O)CCC(OC(C)C)C(O)CC. The molecule has 0 aromatic heterocycles. The van der Waals surface area contributed by atoms with Crippen LogP contribution in [-0.2, 0) is 42.9 Å². The molecule has 12 nitrogen and oxygen atoms in total. The van der Waals surface area contributed by atoms with Crippen molar-refractivity contribution in [3.63, 3.8) is 0 Å². The van der Waals surface area contributed by atoms with Crippen LogP contribution < -0.4 is 0 Å². The molecule has 8 unspecified atom stereocenters. The van der Waals surface area contributed by atoms with E-state index in [1.807, 2.05) is 41.5 Å². The lowest BCUT2D eigenvalue weighted by atomic mass is 10.0. The Bertz CT molecular complexity index is 848. The van der Waals surface area contributed by atoms with Gasteiger partial charge in [0.05, 0.1) is 42.7 Å². The molecule has 8 atom stereocenters. The first kappa shape index (κ1) is 43.9. The molecule has 0 amide bonds. The van der Waals surface area contributed by atoms with Crippen molar-refractivity contribution in [1.29, 1.82) is 0 Å². The number of ether oxygens (including phenoxy) is 5. The number of hydrogen-bond donors (Lipinski definition) is 3. The van der Waals surface area contributed by atoms with Gasteiger partial charge in [-0.25, -0.2) is 0 Å². The van der Waals surface area contributed by atoms with Crippen LogP contribution in [0.4, 0.5) is 0 Å². The summed E-state index contributed by atoms with van der Waals surface area (Å²) >= 11 is 0. The fraction of sp³-hybridized carbons (Fsp3) is 0.882. The fourth-order valence-electron chi connectivity index (χ4n) is 4.99. The highest BCUT2D eigenvalue weighted by Crippen LogP contribution is 2.21.